The number of nitrogens with zero attached hydrogens (tertiary/aromatic N) is 2. The molecular weight excluding hydrogens is 272 g/mol. The van der Waals surface area contributed by atoms with Crippen molar-refractivity contribution in [1.29, 1.82) is 0 Å². The van der Waals surface area contributed by atoms with Crippen molar-refractivity contribution in [3.8, 4) is 0 Å². The van der Waals surface area contributed by atoms with E-state index in [-0.39, 0.29) is 0 Å². The van der Waals surface area contributed by atoms with Crippen LogP contribution in [0.2, 0.25) is 0 Å². The average molecular weight is 302 g/mol. The molecule has 1 aromatic rings. The Labute approximate surface area is 135 Å². The first-order valence-electron chi connectivity index (χ1n) is 8.59. The summed E-state index contributed by atoms with van der Waals surface area (Å²) in [6, 6.07) is 10.6. The van der Waals surface area contributed by atoms with Crippen LogP contribution in [0.3, 0.4) is 0 Å². The number of hydrogen-bond donors (Lipinski definition) is 2. The van der Waals surface area contributed by atoms with Gasteiger partial charge in [0.05, 0.1) is 0 Å². The fraction of sp³-hybridized carbons (Fsp3) is 0.611. The predicted molar refractivity (Wildman–Crippen MR) is 94.4 cm³/mol. The van der Waals surface area contributed by atoms with Gasteiger partial charge in [0.25, 0.3) is 0 Å². The monoisotopic (exact) mass is 302 g/mol. The van der Waals surface area contributed by atoms with Gasteiger partial charge in [-0.05, 0) is 37.9 Å². The SMILES string of the molecule is CN=C(NCCc1ccccc1)NCCN1CCCCCC1. The summed E-state index contributed by atoms with van der Waals surface area (Å²) in [5, 5.41) is 6.81. The van der Waals surface area contributed by atoms with Crippen molar-refractivity contribution >= 4 is 5.96 Å². The molecular formula is C18H30N4. The van der Waals surface area contributed by atoms with E-state index in [0.717, 1.165) is 32.0 Å². The summed E-state index contributed by atoms with van der Waals surface area (Å²) in [6.45, 7) is 5.49. The Balaban J connectivity index is 1.60. The zero-order valence-corrected chi connectivity index (χ0v) is 13.9. The molecule has 0 radical (unpaired) electrons. The van der Waals surface area contributed by atoms with E-state index in [1.807, 2.05) is 7.05 Å². The minimum Gasteiger partial charge on any atom is -0.356 e. The molecule has 1 aromatic carbocycles. The van der Waals surface area contributed by atoms with Crippen molar-refractivity contribution in [3.63, 3.8) is 0 Å². The molecule has 4 heteroatoms. The van der Waals surface area contributed by atoms with Gasteiger partial charge in [-0.1, -0.05) is 43.2 Å². The van der Waals surface area contributed by atoms with Gasteiger partial charge in [0.15, 0.2) is 5.96 Å². The number of guanidine groups is 1. The maximum Gasteiger partial charge on any atom is 0.191 e. The summed E-state index contributed by atoms with van der Waals surface area (Å²) in [6.07, 6.45) is 6.51. The molecule has 1 heterocycles. The van der Waals surface area contributed by atoms with Crippen LogP contribution in [0.25, 0.3) is 0 Å². The third-order valence-electron chi connectivity index (χ3n) is 4.19. The fourth-order valence-corrected chi connectivity index (χ4v) is 2.88. The maximum absolute atomic E-state index is 4.30. The molecule has 0 aromatic heterocycles. The van der Waals surface area contributed by atoms with Crippen LogP contribution in [0, 0.1) is 0 Å². The highest BCUT2D eigenvalue weighted by Gasteiger charge is 2.08. The van der Waals surface area contributed by atoms with Crippen LogP contribution in [0.4, 0.5) is 0 Å². The Hall–Kier alpha value is -1.55. The van der Waals surface area contributed by atoms with Gasteiger partial charge in [-0.15, -0.1) is 0 Å². The molecule has 0 saturated carbocycles. The summed E-state index contributed by atoms with van der Waals surface area (Å²) in [5.74, 6) is 0.908. The second-order valence-electron chi connectivity index (χ2n) is 5.92. The highest BCUT2D eigenvalue weighted by atomic mass is 15.2. The molecule has 1 saturated heterocycles. The standard InChI is InChI=1S/C18H30N4/c1-19-18(20-12-11-17-9-5-4-6-10-17)21-13-16-22-14-7-2-3-8-15-22/h4-6,9-10H,2-3,7-8,11-16H2,1H3,(H2,19,20,21). The maximum atomic E-state index is 4.30. The first kappa shape index (κ1) is 16.8. The largest absolute Gasteiger partial charge is 0.356 e. The minimum absolute atomic E-state index is 0.908. The van der Waals surface area contributed by atoms with E-state index < -0.39 is 0 Å². The molecule has 1 fully saturated rings. The molecule has 1 aliphatic rings. The molecule has 0 unspecified atom stereocenters. The lowest BCUT2D eigenvalue weighted by atomic mass is 10.1. The minimum atomic E-state index is 0.908. The van der Waals surface area contributed by atoms with Crippen LogP contribution < -0.4 is 10.6 Å². The van der Waals surface area contributed by atoms with Crippen LogP contribution >= 0.6 is 0 Å². The van der Waals surface area contributed by atoms with E-state index in [9.17, 15) is 0 Å². The highest BCUT2D eigenvalue weighted by Crippen LogP contribution is 2.08. The Kier molecular flexibility index (Phi) is 7.81. The lowest BCUT2D eigenvalue weighted by Gasteiger charge is -2.20. The Morgan fingerprint density at radius 1 is 1.00 bits per heavy atom. The molecule has 0 atom stereocenters. The molecule has 0 bridgehead atoms. The van der Waals surface area contributed by atoms with Crippen molar-refractivity contribution in [1.82, 2.24) is 15.5 Å². The quantitative estimate of drug-likeness (QED) is 0.625. The van der Waals surface area contributed by atoms with Crippen molar-refractivity contribution in [2.24, 2.45) is 4.99 Å². The lowest BCUT2D eigenvalue weighted by Crippen LogP contribution is -2.42. The van der Waals surface area contributed by atoms with Crippen LogP contribution in [-0.4, -0.2) is 50.6 Å². The zero-order valence-electron chi connectivity index (χ0n) is 13.9. The van der Waals surface area contributed by atoms with Crippen LogP contribution in [0.1, 0.15) is 31.2 Å². The molecule has 4 nitrogen and oxygen atoms in total. The van der Waals surface area contributed by atoms with Gasteiger partial charge in [-0.2, -0.15) is 0 Å². The van der Waals surface area contributed by atoms with Gasteiger partial charge in [0.1, 0.15) is 0 Å². The summed E-state index contributed by atoms with van der Waals surface area (Å²) >= 11 is 0. The molecule has 0 amide bonds. The van der Waals surface area contributed by atoms with Gasteiger partial charge < -0.3 is 15.5 Å². The lowest BCUT2D eigenvalue weighted by molar-refractivity contribution is 0.289. The van der Waals surface area contributed by atoms with Crippen LogP contribution in [0.5, 0.6) is 0 Å². The van der Waals surface area contributed by atoms with E-state index in [0.29, 0.717) is 0 Å². The molecule has 22 heavy (non-hydrogen) atoms. The zero-order chi connectivity index (χ0) is 15.5. The first-order valence-corrected chi connectivity index (χ1v) is 8.59. The predicted octanol–water partition coefficient (Wildman–Crippen LogP) is 2.27. The molecule has 1 aliphatic heterocycles. The average Bonchev–Trinajstić information content (AvgIpc) is 2.83. The third kappa shape index (κ3) is 6.48. The van der Waals surface area contributed by atoms with Crippen LogP contribution in [0.15, 0.2) is 35.3 Å². The van der Waals surface area contributed by atoms with Crippen molar-refractivity contribution in [2.45, 2.75) is 32.1 Å². The summed E-state index contributed by atoms with van der Waals surface area (Å²) in [7, 11) is 1.84. The summed E-state index contributed by atoms with van der Waals surface area (Å²) in [5.41, 5.74) is 1.36. The van der Waals surface area contributed by atoms with Gasteiger partial charge in [-0.25, -0.2) is 0 Å². The van der Waals surface area contributed by atoms with Gasteiger partial charge in [-0.3, -0.25) is 4.99 Å². The number of hydrogen-bond acceptors (Lipinski definition) is 2. The van der Waals surface area contributed by atoms with E-state index in [2.05, 4.69) is 50.9 Å². The Morgan fingerprint density at radius 3 is 2.36 bits per heavy atom. The topological polar surface area (TPSA) is 39.7 Å². The Bertz CT molecular complexity index is 422. The molecule has 122 valence electrons. The molecule has 0 spiro atoms. The molecule has 0 aliphatic carbocycles. The second-order valence-corrected chi connectivity index (χ2v) is 5.92. The third-order valence-corrected chi connectivity index (χ3v) is 4.19. The van der Waals surface area contributed by atoms with E-state index >= 15 is 0 Å². The van der Waals surface area contributed by atoms with Gasteiger partial charge >= 0.3 is 0 Å². The van der Waals surface area contributed by atoms with E-state index in [1.54, 1.807) is 0 Å². The van der Waals surface area contributed by atoms with Gasteiger partial charge in [0.2, 0.25) is 0 Å². The van der Waals surface area contributed by atoms with Crippen LogP contribution in [-0.2, 0) is 6.42 Å². The fourth-order valence-electron chi connectivity index (χ4n) is 2.88. The van der Waals surface area contributed by atoms with E-state index in [4.69, 9.17) is 0 Å². The van der Waals surface area contributed by atoms with Crippen molar-refractivity contribution in [3.05, 3.63) is 35.9 Å². The number of aliphatic imine (C=N–C) groups is 1. The first-order chi connectivity index (χ1) is 10.9. The highest BCUT2D eigenvalue weighted by molar-refractivity contribution is 5.79. The van der Waals surface area contributed by atoms with Gasteiger partial charge in [0, 0.05) is 26.7 Å². The normalized spacial score (nSPS) is 17.0. The summed E-state index contributed by atoms with van der Waals surface area (Å²) < 4.78 is 0. The second kappa shape index (κ2) is 10.2. The number of likely N-dealkylation sites (tertiary alicyclic amines) is 1. The molecule has 2 rings (SSSR count). The smallest absolute Gasteiger partial charge is 0.191 e. The summed E-state index contributed by atoms with van der Waals surface area (Å²) in [4.78, 5) is 6.86. The van der Waals surface area contributed by atoms with Crippen molar-refractivity contribution in [2.75, 3.05) is 39.8 Å². The van der Waals surface area contributed by atoms with Crippen molar-refractivity contribution < 1.29 is 0 Å². The number of rotatable bonds is 6. The number of nitrogens with one attached hydrogen (secondary N) is 2. The number of benzene rings is 1. The van der Waals surface area contributed by atoms with E-state index in [1.165, 1.54) is 44.3 Å². The Morgan fingerprint density at radius 2 is 1.68 bits per heavy atom. The molecule has 2 N–H and O–H groups in total.